The summed E-state index contributed by atoms with van der Waals surface area (Å²) in [6, 6.07) is 3.83. The predicted molar refractivity (Wildman–Crippen MR) is 78.8 cm³/mol. The van der Waals surface area contributed by atoms with E-state index < -0.39 is 0 Å². The fraction of sp³-hybridized carbons (Fsp3) is 0.286. The highest BCUT2D eigenvalue weighted by Gasteiger charge is 2.14. The number of aromatic nitrogens is 2. The van der Waals surface area contributed by atoms with Crippen LogP contribution in [0, 0.1) is 11.8 Å². The van der Waals surface area contributed by atoms with Gasteiger partial charge in [0.25, 0.3) is 5.91 Å². The van der Waals surface area contributed by atoms with Gasteiger partial charge in [0.2, 0.25) is 0 Å². The first-order valence-corrected chi connectivity index (χ1v) is 6.97. The molecule has 6 heteroatoms. The maximum atomic E-state index is 12.2. The second-order valence-corrected chi connectivity index (χ2v) is 5.37. The van der Waals surface area contributed by atoms with E-state index in [1.165, 1.54) is 11.3 Å². The first-order chi connectivity index (χ1) is 9.61. The number of anilines is 1. The van der Waals surface area contributed by atoms with Crippen molar-refractivity contribution in [3.63, 3.8) is 0 Å². The molecule has 104 valence electrons. The van der Waals surface area contributed by atoms with Gasteiger partial charge >= 0.3 is 0 Å². The van der Waals surface area contributed by atoms with Crippen LogP contribution in [0.5, 0.6) is 0 Å². The Bertz CT molecular complexity index is 661. The van der Waals surface area contributed by atoms with Crippen molar-refractivity contribution in [2.24, 2.45) is 0 Å². The monoisotopic (exact) mass is 289 g/mol. The number of carbonyl (C=O) groups excluding carboxylic acids is 1. The van der Waals surface area contributed by atoms with Gasteiger partial charge in [-0.3, -0.25) is 10.1 Å². The topological polar surface area (TPSA) is 67.2 Å². The third kappa shape index (κ3) is 3.26. The van der Waals surface area contributed by atoms with Crippen LogP contribution < -0.4 is 5.32 Å². The molecule has 2 aromatic heterocycles. The molecule has 0 atom stereocenters. The smallest absolute Gasteiger partial charge is 0.274 e. The molecular weight excluding hydrogens is 274 g/mol. The number of nitrogens with one attached hydrogen (secondary N) is 1. The second-order valence-electron chi connectivity index (χ2n) is 4.34. The van der Waals surface area contributed by atoms with Crippen molar-refractivity contribution < 1.29 is 9.90 Å². The van der Waals surface area contributed by atoms with Gasteiger partial charge in [-0.1, -0.05) is 23.2 Å². The summed E-state index contributed by atoms with van der Waals surface area (Å²) in [4.78, 5) is 17.0. The zero-order valence-corrected chi connectivity index (χ0v) is 12.1. The number of nitrogens with zero attached hydrogens (tertiary/aromatic N) is 2. The maximum Gasteiger partial charge on any atom is 0.274 e. The van der Waals surface area contributed by atoms with Crippen molar-refractivity contribution in [2.75, 3.05) is 11.9 Å². The highest BCUT2D eigenvalue weighted by Crippen LogP contribution is 2.19. The summed E-state index contributed by atoms with van der Waals surface area (Å²) in [6.07, 6.45) is 3.45. The van der Waals surface area contributed by atoms with Crippen LogP contribution in [0.25, 0.3) is 0 Å². The van der Waals surface area contributed by atoms with Gasteiger partial charge in [-0.2, -0.15) is 0 Å². The zero-order chi connectivity index (χ0) is 14.5. The summed E-state index contributed by atoms with van der Waals surface area (Å²) < 4.78 is 1.90. The third-order valence-electron chi connectivity index (χ3n) is 2.58. The van der Waals surface area contributed by atoms with E-state index in [2.05, 4.69) is 22.1 Å². The molecule has 2 aromatic rings. The minimum absolute atomic E-state index is 0.193. The molecule has 0 saturated heterocycles. The van der Waals surface area contributed by atoms with Gasteiger partial charge in [-0.15, -0.1) is 0 Å². The Balaban J connectivity index is 2.11. The van der Waals surface area contributed by atoms with Crippen molar-refractivity contribution in [2.45, 2.75) is 19.9 Å². The van der Waals surface area contributed by atoms with Crippen LogP contribution in [0.15, 0.2) is 24.5 Å². The van der Waals surface area contributed by atoms with Crippen molar-refractivity contribution in [1.82, 2.24) is 9.55 Å². The molecule has 0 aliphatic heterocycles. The Labute approximate surface area is 121 Å². The van der Waals surface area contributed by atoms with Crippen LogP contribution in [-0.4, -0.2) is 27.2 Å². The molecule has 20 heavy (non-hydrogen) atoms. The lowest BCUT2D eigenvalue weighted by Crippen LogP contribution is -2.17. The molecule has 0 fully saturated rings. The molecule has 2 N–H and O–H groups in total. The van der Waals surface area contributed by atoms with Gasteiger partial charge in [0.15, 0.2) is 5.13 Å². The van der Waals surface area contributed by atoms with Crippen LogP contribution >= 0.6 is 11.3 Å². The van der Waals surface area contributed by atoms with Crippen LogP contribution in [0.1, 0.15) is 35.3 Å². The molecule has 0 aliphatic carbocycles. The average molecular weight is 289 g/mol. The molecule has 0 aromatic carbocycles. The van der Waals surface area contributed by atoms with E-state index in [4.69, 9.17) is 5.11 Å². The first kappa shape index (κ1) is 14.3. The number of thiazole rings is 1. The minimum atomic E-state index is -0.195. The highest BCUT2D eigenvalue weighted by atomic mass is 32.1. The number of amides is 1. The van der Waals surface area contributed by atoms with E-state index in [-0.39, 0.29) is 18.6 Å². The lowest BCUT2D eigenvalue weighted by atomic mass is 10.3. The maximum absolute atomic E-state index is 12.2. The molecular formula is C14H15N3O2S. The van der Waals surface area contributed by atoms with E-state index in [0.717, 1.165) is 0 Å². The zero-order valence-electron chi connectivity index (χ0n) is 11.3. The Kier molecular flexibility index (Phi) is 4.56. The van der Waals surface area contributed by atoms with Crippen LogP contribution in [0.4, 0.5) is 5.13 Å². The fourth-order valence-corrected chi connectivity index (χ4v) is 2.40. The number of hydrogen-bond acceptors (Lipinski definition) is 4. The quantitative estimate of drug-likeness (QED) is 0.851. The van der Waals surface area contributed by atoms with Crippen molar-refractivity contribution in [1.29, 1.82) is 0 Å². The molecule has 0 aliphatic rings. The molecule has 0 bridgehead atoms. The molecule has 0 spiro atoms. The molecule has 1 amide bonds. The van der Waals surface area contributed by atoms with Gasteiger partial charge < -0.3 is 9.67 Å². The fourth-order valence-electron chi connectivity index (χ4n) is 1.71. The van der Waals surface area contributed by atoms with Crippen molar-refractivity contribution >= 4 is 22.4 Å². The summed E-state index contributed by atoms with van der Waals surface area (Å²) in [5.74, 6) is 5.10. The van der Waals surface area contributed by atoms with Gasteiger partial charge in [0.1, 0.15) is 12.3 Å². The van der Waals surface area contributed by atoms with Crippen molar-refractivity contribution in [3.05, 3.63) is 35.1 Å². The molecule has 0 radical (unpaired) electrons. The number of hydrogen-bond donors (Lipinski definition) is 2. The van der Waals surface area contributed by atoms with E-state index in [0.29, 0.717) is 15.7 Å². The third-order valence-corrected chi connectivity index (χ3v) is 3.41. The second kappa shape index (κ2) is 6.37. The SMILES string of the molecule is CC(C)n1cccc1C(=O)Nc1ncc(C#CCO)s1. The number of carbonyl (C=O) groups is 1. The van der Waals surface area contributed by atoms with Gasteiger partial charge in [0.05, 0.1) is 11.1 Å². The van der Waals surface area contributed by atoms with E-state index in [9.17, 15) is 4.79 Å². The Morgan fingerprint density at radius 2 is 2.40 bits per heavy atom. The highest BCUT2D eigenvalue weighted by molar-refractivity contribution is 7.16. The summed E-state index contributed by atoms with van der Waals surface area (Å²) >= 11 is 1.28. The molecule has 0 saturated carbocycles. The summed E-state index contributed by atoms with van der Waals surface area (Å²) in [6.45, 7) is 3.84. The summed E-state index contributed by atoms with van der Waals surface area (Å²) in [5, 5.41) is 11.9. The van der Waals surface area contributed by atoms with Crippen LogP contribution in [-0.2, 0) is 0 Å². The van der Waals surface area contributed by atoms with Crippen molar-refractivity contribution in [3.8, 4) is 11.8 Å². The van der Waals surface area contributed by atoms with E-state index in [1.807, 2.05) is 30.7 Å². The van der Waals surface area contributed by atoms with Gasteiger partial charge in [0, 0.05) is 12.2 Å². The van der Waals surface area contributed by atoms with E-state index >= 15 is 0 Å². The normalized spacial score (nSPS) is 10.2. The Hall–Kier alpha value is -2.10. The predicted octanol–water partition coefficient (Wildman–Crippen LogP) is 2.12. The number of rotatable bonds is 3. The van der Waals surface area contributed by atoms with Crippen LogP contribution in [0.3, 0.4) is 0 Å². The molecule has 2 heterocycles. The Morgan fingerprint density at radius 3 is 3.10 bits per heavy atom. The Morgan fingerprint density at radius 1 is 1.60 bits per heavy atom. The molecule has 2 rings (SSSR count). The standard InChI is InChI=1S/C14H15N3O2S/c1-10(2)17-7-3-6-12(17)13(19)16-14-15-9-11(20-14)5-4-8-18/h3,6-7,9-10,18H,8H2,1-2H3,(H,15,16,19). The van der Waals surface area contributed by atoms with E-state index in [1.54, 1.807) is 12.3 Å². The largest absolute Gasteiger partial charge is 0.384 e. The lowest BCUT2D eigenvalue weighted by molar-refractivity contribution is 0.101. The van der Waals surface area contributed by atoms with Crippen LogP contribution in [0.2, 0.25) is 0 Å². The van der Waals surface area contributed by atoms with Gasteiger partial charge in [-0.05, 0) is 26.0 Å². The molecule has 5 nitrogen and oxygen atoms in total. The number of aliphatic hydroxyl groups excluding tert-OH is 1. The average Bonchev–Trinajstić information content (AvgIpc) is 3.04. The lowest BCUT2D eigenvalue weighted by Gasteiger charge is -2.11. The number of aliphatic hydroxyl groups is 1. The minimum Gasteiger partial charge on any atom is -0.384 e. The summed E-state index contributed by atoms with van der Waals surface area (Å²) in [7, 11) is 0. The summed E-state index contributed by atoms with van der Waals surface area (Å²) in [5.41, 5.74) is 0.596. The molecule has 0 unspecified atom stereocenters. The van der Waals surface area contributed by atoms with Gasteiger partial charge in [-0.25, -0.2) is 4.98 Å². The first-order valence-electron chi connectivity index (χ1n) is 6.15.